The number of para-hydroxylation sites is 1. The van der Waals surface area contributed by atoms with Crippen LogP contribution >= 0.6 is 0 Å². The van der Waals surface area contributed by atoms with Crippen molar-refractivity contribution in [3.05, 3.63) is 29.8 Å². The molecule has 0 aliphatic carbocycles. The summed E-state index contributed by atoms with van der Waals surface area (Å²) in [5.41, 5.74) is 13.7. The van der Waals surface area contributed by atoms with Crippen molar-refractivity contribution in [3.63, 3.8) is 0 Å². The minimum Gasteiger partial charge on any atom is -0.398 e. The Balaban J connectivity index is 3.12. The fourth-order valence-corrected chi connectivity index (χ4v) is 1.49. The van der Waals surface area contributed by atoms with Gasteiger partial charge in [-0.1, -0.05) is 32.0 Å². The van der Waals surface area contributed by atoms with E-state index in [9.17, 15) is 0 Å². The highest BCUT2D eigenvalue weighted by molar-refractivity contribution is 5.50. The van der Waals surface area contributed by atoms with Crippen molar-refractivity contribution in [1.29, 1.82) is 0 Å². The second-order valence-corrected chi connectivity index (χ2v) is 3.71. The van der Waals surface area contributed by atoms with Crippen LogP contribution in [0.2, 0.25) is 0 Å². The largest absolute Gasteiger partial charge is 0.398 e. The molecule has 0 saturated heterocycles. The van der Waals surface area contributed by atoms with Crippen LogP contribution in [-0.4, -0.2) is 6.54 Å². The summed E-state index contributed by atoms with van der Waals surface area (Å²) in [6.07, 6.45) is 1.01. The van der Waals surface area contributed by atoms with E-state index in [0.717, 1.165) is 12.1 Å². The van der Waals surface area contributed by atoms with E-state index < -0.39 is 0 Å². The van der Waals surface area contributed by atoms with Crippen molar-refractivity contribution < 1.29 is 0 Å². The zero-order valence-electron chi connectivity index (χ0n) is 8.38. The van der Waals surface area contributed by atoms with Crippen LogP contribution in [0.25, 0.3) is 0 Å². The number of nitrogen functional groups attached to an aromatic ring is 1. The van der Waals surface area contributed by atoms with E-state index in [0.29, 0.717) is 6.54 Å². The van der Waals surface area contributed by atoms with E-state index in [4.69, 9.17) is 11.5 Å². The highest BCUT2D eigenvalue weighted by Crippen LogP contribution is 2.30. The molecule has 1 atom stereocenters. The molecule has 2 heteroatoms. The van der Waals surface area contributed by atoms with E-state index >= 15 is 0 Å². The molecule has 4 N–H and O–H groups in total. The molecule has 0 aliphatic rings. The van der Waals surface area contributed by atoms with Crippen LogP contribution in [0.15, 0.2) is 24.3 Å². The van der Waals surface area contributed by atoms with Crippen LogP contribution in [0, 0.1) is 0 Å². The van der Waals surface area contributed by atoms with Gasteiger partial charge in [-0.15, -0.1) is 0 Å². The second kappa shape index (κ2) is 3.79. The molecule has 0 amide bonds. The van der Waals surface area contributed by atoms with Crippen molar-refractivity contribution in [2.45, 2.75) is 25.7 Å². The number of anilines is 1. The zero-order chi connectivity index (χ0) is 9.90. The summed E-state index contributed by atoms with van der Waals surface area (Å²) < 4.78 is 0. The molecule has 1 aromatic carbocycles. The van der Waals surface area contributed by atoms with Crippen LogP contribution < -0.4 is 11.5 Å². The third kappa shape index (κ3) is 1.83. The predicted octanol–water partition coefficient (Wildman–Crippen LogP) is 1.90. The Morgan fingerprint density at radius 3 is 2.38 bits per heavy atom. The Bertz CT molecular complexity index is 277. The Kier molecular flexibility index (Phi) is 2.94. The molecule has 0 fully saturated rings. The molecule has 1 aromatic rings. The quantitative estimate of drug-likeness (QED) is 0.694. The monoisotopic (exact) mass is 178 g/mol. The van der Waals surface area contributed by atoms with E-state index in [1.807, 2.05) is 18.2 Å². The van der Waals surface area contributed by atoms with Gasteiger partial charge in [0.05, 0.1) is 0 Å². The number of hydrogen-bond donors (Lipinski definition) is 2. The minimum absolute atomic E-state index is 0.0192. The first kappa shape index (κ1) is 10.1. The van der Waals surface area contributed by atoms with Gasteiger partial charge in [0.25, 0.3) is 0 Å². The van der Waals surface area contributed by atoms with Crippen LogP contribution in [0.5, 0.6) is 0 Å². The van der Waals surface area contributed by atoms with E-state index in [-0.39, 0.29) is 5.41 Å². The molecule has 0 aliphatic heterocycles. The van der Waals surface area contributed by atoms with Gasteiger partial charge in [0, 0.05) is 17.6 Å². The summed E-state index contributed by atoms with van der Waals surface area (Å²) in [5, 5.41) is 0. The average Bonchev–Trinajstić information content (AvgIpc) is 2.17. The van der Waals surface area contributed by atoms with Crippen molar-refractivity contribution in [3.8, 4) is 0 Å². The van der Waals surface area contributed by atoms with Crippen LogP contribution in [0.1, 0.15) is 25.8 Å². The van der Waals surface area contributed by atoms with Crippen LogP contribution in [0.4, 0.5) is 5.69 Å². The van der Waals surface area contributed by atoms with Gasteiger partial charge in [0.15, 0.2) is 0 Å². The molecule has 0 bridgehead atoms. The lowest BCUT2D eigenvalue weighted by Gasteiger charge is -2.28. The van der Waals surface area contributed by atoms with Gasteiger partial charge in [-0.3, -0.25) is 0 Å². The lowest BCUT2D eigenvalue weighted by atomic mass is 9.79. The smallest absolute Gasteiger partial charge is 0.0352 e. The fourth-order valence-electron chi connectivity index (χ4n) is 1.49. The Morgan fingerprint density at radius 2 is 1.92 bits per heavy atom. The van der Waals surface area contributed by atoms with E-state index in [1.54, 1.807) is 0 Å². The zero-order valence-corrected chi connectivity index (χ0v) is 8.38. The third-order valence-corrected chi connectivity index (χ3v) is 2.84. The summed E-state index contributed by atoms with van der Waals surface area (Å²) in [7, 11) is 0. The first-order valence-electron chi connectivity index (χ1n) is 4.69. The second-order valence-electron chi connectivity index (χ2n) is 3.71. The van der Waals surface area contributed by atoms with Gasteiger partial charge in [0.1, 0.15) is 0 Å². The topological polar surface area (TPSA) is 52.0 Å². The molecule has 13 heavy (non-hydrogen) atoms. The molecule has 72 valence electrons. The van der Waals surface area contributed by atoms with Crippen LogP contribution in [-0.2, 0) is 5.41 Å². The van der Waals surface area contributed by atoms with Crippen molar-refractivity contribution in [2.24, 2.45) is 5.73 Å². The molecule has 0 saturated carbocycles. The Labute approximate surface area is 79.9 Å². The number of rotatable bonds is 3. The van der Waals surface area contributed by atoms with E-state index in [1.165, 1.54) is 5.56 Å². The average molecular weight is 178 g/mol. The molecular formula is C11H18N2. The van der Waals surface area contributed by atoms with E-state index in [2.05, 4.69) is 19.9 Å². The maximum atomic E-state index is 5.90. The molecule has 2 nitrogen and oxygen atoms in total. The van der Waals surface area contributed by atoms with Gasteiger partial charge in [-0.05, 0) is 18.1 Å². The first-order valence-corrected chi connectivity index (χ1v) is 4.69. The third-order valence-electron chi connectivity index (χ3n) is 2.84. The van der Waals surface area contributed by atoms with Gasteiger partial charge >= 0.3 is 0 Å². The summed E-state index contributed by atoms with van der Waals surface area (Å²) in [6.45, 7) is 4.93. The maximum absolute atomic E-state index is 5.90. The lowest BCUT2D eigenvalue weighted by molar-refractivity contribution is 0.469. The minimum atomic E-state index is 0.0192. The molecule has 0 radical (unpaired) electrons. The van der Waals surface area contributed by atoms with Crippen LogP contribution in [0.3, 0.4) is 0 Å². The first-order chi connectivity index (χ1) is 6.14. The Hall–Kier alpha value is -1.02. The predicted molar refractivity (Wildman–Crippen MR) is 57.6 cm³/mol. The van der Waals surface area contributed by atoms with Gasteiger partial charge in [0.2, 0.25) is 0 Å². The highest BCUT2D eigenvalue weighted by atomic mass is 14.6. The van der Waals surface area contributed by atoms with Crippen molar-refractivity contribution >= 4 is 5.69 Å². The summed E-state index contributed by atoms with van der Waals surface area (Å²) in [5.74, 6) is 0. The highest BCUT2D eigenvalue weighted by Gasteiger charge is 2.24. The maximum Gasteiger partial charge on any atom is 0.0352 e. The summed E-state index contributed by atoms with van der Waals surface area (Å²) >= 11 is 0. The lowest BCUT2D eigenvalue weighted by Crippen LogP contribution is -2.31. The van der Waals surface area contributed by atoms with Crippen molar-refractivity contribution in [2.75, 3.05) is 12.3 Å². The SMILES string of the molecule is CCC(C)(CN)c1ccccc1N. The number of benzene rings is 1. The molecular weight excluding hydrogens is 160 g/mol. The molecule has 0 aromatic heterocycles. The summed E-state index contributed by atoms with van der Waals surface area (Å²) in [6, 6.07) is 7.95. The molecule has 1 unspecified atom stereocenters. The summed E-state index contributed by atoms with van der Waals surface area (Å²) in [4.78, 5) is 0. The van der Waals surface area contributed by atoms with Gasteiger partial charge in [-0.2, -0.15) is 0 Å². The Morgan fingerprint density at radius 1 is 1.31 bits per heavy atom. The van der Waals surface area contributed by atoms with Crippen molar-refractivity contribution in [1.82, 2.24) is 0 Å². The molecule has 0 spiro atoms. The normalized spacial score (nSPS) is 15.3. The number of nitrogens with two attached hydrogens (primary N) is 2. The van der Waals surface area contributed by atoms with Gasteiger partial charge < -0.3 is 11.5 Å². The standard InChI is InChI=1S/C11H18N2/c1-3-11(2,8-12)9-6-4-5-7-10(9)13/h4-7H,3,8,12-13H2,1-2H3. The number of hydrogen-bond acceptors (Lipinski definition) is 2. The fraction of sp³-hybridized carbons (Fsp3) is 0.455. The molecule has 0 heterocycles. The molecule has 1 rings (SSSR count). The van der Waals surface area contributed by atoms with Gasteiger partial charge in [-0.25, -0.2) is 0 Å².